The van der Waals surface area contributed by atoms with Gasteiger partial charge in [-0.15, -0.1) is 0 Å². The molecule has 4 aromatic carbocycles. The van der Waals surface area contributed by atoms with E-state index >= 15 is 0 Å². The Morgan fingerprint density at radius 3 is 2.30 bits per heavy atom. The zero-order valence-electron chi connectivity index (χ0n) is 29.2. The lowest BCUT2D eigenvalue weighted by atomic mass is 9.96. The number of para-hydroxylation sites is 1. The van der Waals surface area contributed by atoms with Gasteiger partial charge >= 0.3 is 6.18 Å². The number of hydrogen-bond acceptors (Lipinski definition) is 7. The zero-order valence-corrected chi connectivity index (χ0v) is 30.8. The molecule has 2 aliphatic heterocycles. The number of thiocarbonyl (C=S) groups is 1. The fourth-order valence-electron chi connectivity index (χ4n) is 7.06. The first-order valence-electron chi connectivity index (χ1n) is 17.8. The summed E-state index contributed by atoms with van der Waals surface area (Å²) in [5.74, 6) is 0.127. The van der Waals surface area contributed by atoms with Crippen LogP contribution in [0.5, 0.6) is 0 Å². The number of anilines is 3. The van der Waals surface area contributed by atoms with Crippen LogP contribution in [-0.4, -0.2) is 80.4 Å². The summed E-state index contributed by atoms with van der Waals surface area (Å²) in [6, 6.07) is 25.3. The molecule has 1 fully saturated rings. The van der Waals surface area contributed by atoms with Crippen molar-refractivity contribution in [2.75, 3.05) is 75.3 Å². The summed E-state index contributed by atoms with van der Waals surface area (Å²) in [5, 5.41) is 3.20. The van der Waals surface area contributed by atoms with Gasteiger partial charge in [0.2, 0.25) is 0 Å². The smallest absolute Gasteiger partial charge is 0.416 e. The summed E-state index contributed by atoms with van der Waals surface area (Å²) in [7, 11) is 0. The maximum Gasteiger partial charge on any atom is 0.416 e. The molecule has 10 heteroatoms. The van der Waals surface area contributed by atoms with E-state index in [9.17, 15) is 13.2 Å². The number of halogens is 3. The molecule has 4 aromatic rings. The predicted octanol–water partition coefficient (Wildman–Crippen LogP) is 9.54. The largest absolute Gasteiger partial charge is 0.485 e. The van der Waals surface area contributed by atoms with Crippen LogP contribution in [0.3, 0.4) is 0 Å². The SMILES string of the molecule is CCN(CC)c1ccc2cccc(CC(C)C(=S)OCCN3CCN(CCCN4c5ccccc5Sc5ccc(C(F)(F)F)cc54)CC3)c2c1. The van der Waals surface area contributed by atoms with Crippen molar-refractivity contribution < 1.29 is 17.9 Å². The van der Waals surface area contributed by atoms with Gasteiger partial charge in [0.25, 0.3) is 0 Å². The minimum absolute atomic E-state index is 0.127. The van der Waals surface area contributed by atoms with E-state index in [1.807, 2.05) is 24.3 Å². The average molecular weight is 721 g/mol. The van der Waals surface area contributed by atoms with Crippen LogP contribution in [0.25, 0.3) is 10.8 Å². The lowest BCUT2D eigenvalue weighted by Gasteiger charge is -2.36. The standard InChI is InChI=1S/C40H47F3N4OS2/c1-4-46(5-2)33-16-14-30-10-8-11-31(34(30)28-33)26-29(3)39(49)48-25-24-45-22-20-44(21-23-45)18-9-19-47-35-12-6-7-13-37(35)50-38-17-15-32(27-36(38)47)40(41,42)43/h6-8,10-17,27-29H,4-5,9,18-26H2,1-3H3. The molecule has 1 unspecified atom stereocenters. The number of alkyl halides is 3. The second-order valence-corrected chi connectivity index (χ2v) is 14.7. The summed E-state index contributed by atoms with van der Waals surface area (Å²) in [6.07, 6.45) is -2.67. The van der Waals surface area contributed by atoms with E-state index in [0.717, 1.165) is 80.7 Å². The molecule has 0 spiro atoms. The van der Waals surface area contributed by atoms with E-state index in [2.05, 4.69) is 76.8 Å². The lowest BCUT2D eigenvalue weighted by molar-refractivity contribution is -0.137. The highest BCUT2D eigenvalue weighted by Gasteiger charge is 2.33. The highest BCUT2D eigenvalue weighted by molar-refractivity contribution is 7.99. The van der Waals surface area contributed by atoms with Crippen molar-refractivity contribution in [3.63, 3.8) is 0 Å². The number of ether oxygens (including phenoxy) is 1. The molecule has 0 amide bonds. The van der Waals surface area contributed by atoms with Gasteiger partial charge in [0, 0.05) is 73.8 Å². The van der Waals surface area contributed by atoms with Crippen molar-refractivity contribution in [2.45, 2.75) is 49.6 Å². The molecule has 50 heavy (non-hydrogen) atoms. The number of nitrogens with zero attached hydrogens (tertiary/aromatic N) is 4. The molecule has 0 radical (unpaired) electrons. The first-order valence-corrected chi connectivity index (χ1v) is 19.0. The van der Waals surface area contributed by atoms with Gasteiger partial charge < -0.3 is 19.4 Å². The Kier molecular flexibility index (Phi) is 11.9. The number of fused-ring (bicyclic) bond motifs is 3. The van der Waals surface area contributed by atoms with Gasteiger partial charge in [-0.05, 0) is 104 Å². The number of benzene rings is 4. The van der Waals surface area contributed by atoms with Gasteiger partial charge in [0.15, 0.2) is 5.05 Å². The fourth-order valence-corrected chi connectivity index (χ4v) is 8.30. The van der Waals surface area contributed by atoms with E-state index in [-0.39, 0.29) is 5.92 Å². The van der Waals surface area contributed by atoms with Gasteiger partial charge in [-0.3, -0.25) is 4.90 Å². The highest BCUT2D eigenvalue weighted by atomic mass is 32.2. The molecular formula is C40H47F3N4OS2. The van der Waals surface area contributed by atoms with Crippen LogP contribution in [0.4, 0.5) is 30.2 Å². The summed E-state index contributed by atoms with van der Waals surface area (Å²) in [5.41, 5.74) is 3.56. The van der Waals surface area contributed by atoms with Crippen molar-refractivity contribution >= 4 is 56.9 Å². The topological polar surface area (TPSA) is 22.2 Å². The van der Waals surface area contributed by atoms with Crippen LogP contribution < -0.4 is 9.80 Å². The van der Waals surface area contributed by atoms with Gasteiger partial charge in [0.1, 0.15) is 6.61 Å². The average Bonchev–Trinajstić information content (AvgIpc) is 3.12. The Morgan fingerprint density at radius 2 is 1.56 bits per heavy atom. The van der Waals surface area contributed by atoms with Gasteiger partial charge in [-0.2, -0.15) is 13.2 Å². The normalized spacial score (nSPS) is 15.8. The summed E-state index contributed by atoms with van der Waals surface area (Å²) >= 11 is 7.28. The predicted molar refractivity (Wildman–Crippen MR) is 205 cm³/mol. The number of rotatable bonds is 13. The van der Waals surface area contributed by atoms with Crippen LogP contribution in [0.1, 0.15) is 38.3 Å². The van der Waals surface area contributed by atoms with Crippen LogP contribution >= 0.6 is 24.0 Å². The maximum absolute atomic E-state index is 13.6. The van der Waals surface area contributed by atoms with E-state index in [1.165, 1.54) is 45.9 Å². The molecule has 1 atom stereocenters. The monoisotopic (exact) mass is 720 g/mol. The van der Waals surface area contributed by atoms with Crippen LogP contribution in [0, 0.1) is 5.92 Å². The second-order valence-electron chi connectivity index (χ2n) is 13.2. The van der Waals surface area contributed by atoms with Crippen molar-refractivity contribution in [2.24, 2.45) is 5.92 Å². The maximum atomic E-state index is 13.6. The first-order chi connectivity index (χ1) is 24.1. The highest BCUT2D eigenvalue weighted by Crippen LogP contribution is 2.49. The molecule has 266 valence electrons. The summed E-state index contributed by atoms with van der Waals surface area (Å²) < 4.78 is 46.9. The molecule has 0 aromatic heterocycles. The number of piperazine rings is 1. The van der Waals surface area contributed by atoms with Crippen LogP contribution in [0.2, 0.25) is 0 Å². The van der Waals surface area contributed by atoms with E-state index in [4.69, 9.17) is 17.0 Å². The minimum atomic E-state index is -4.37. The first kappa shape index (κ1) is 36.5. The van der Waals surface area contributed by atoms with Crippen molar-refractivity contribution in [3.8, 4) is 0 Å². The number of hydrogen-bond donors (Lipinski definition) is 0. The Labute approximate surface area is 304 Å². The van der Waals surface area contributed by atoms with Crippen LogP contribution in [-0.2, 0) is 17.3 Å². The van der Waals surface area contributed by atoms with Crippen molar-refractivity contribution in [1.82, 2.24) is 9.80 Å². The second kappa shape index (κ2) is 16.4. The Hall–Kier alpha value is -3.31. The Balaban J connectivity index is 0.953. The van der Waals surface area contributed by atoms with Gasteiger partial charge in [0.05, 0.1) is 16.9 Å². The summed E-state index contributed by atoms with van der Waals surface area (Å²) in [6.45, 7) is 15.3. The molecule has 5 nitrogen and oxygen atoms in total. The zero-order chi connectivity index (χ0) is 35.3. The molecule has 0 aliphatic carbocycles. The molecule has 2 aliphatic rings. The quantitative estimate of drug-likeness (QED) is 0.127. The lowest BCUT2D eigenvalue weighted by Crippen LogP contribution is -2.47. The third-order valence-corrected chi connectivity index (χ3v) is 11.6. The Morgan fingerprint density at radius 1 is 0.840 bits per heavy atom. The summed E-state index contributed by atoms with van der Waals surface area (Å²) in [4.78, 5) is 11.3. The fraction of sp³-hybridized carbons (Fsp3) is 0.425. The minimum Gasteiger partial charge on any atom is -0.485 e. The molecule has 6 rings (SSSR count). The third kappa shape index (κ3) is 8.58. The molecule has 2 heterocycles. The van der Waals surface area contributed by atoms with Gasteiger partial charge in [-0.1, -0.05) is 55.1 Å². The van der Waals surface area contributed by atoms with Crippen molar-refractivity contribution in [3.05, 3.63) is 90.0 Å². The molecular weight excluding hydrogens is 674 g/mol. The molecule has 0 N–H and O–H groups in total. The Bertz CT molecular complexity index is 1770. The van der Waals surface area contributed by atoms with Crippen LogP contribution in [0.15, 0.2) is 88.7 Å². The molecule has 0 bridgehead atoms. The molecule has 1 saturated heterocycles. The van der Waals surface area contributed by atoms with E-state index < -0.39 is 11.7 Å². The van der Waals surface area contributed by atoms with E-state index in [1.54, 1.807) is 6.07 Å². The third-order valence-electron chi connectivity index (χ3n) is 9.94. The van der Waals surface area contributed by atoms with Gasteiger partial charge in [-0.25, -0.2) is 0 Å². The molecule has 0 saturated carbocycles. The van der Waals surface area contributed by atoms with E-state index in [0.29, 0.717) is 23.9 Å². The van der Waals surface area contributed by atoms with Crippen molar-refractivity contribution in [1.29, 1.82) is 0 Å².